The molecule has 1 rings (SSSR count). The number of amides is 6. The molecule has 0 saturated heterocycles. The highest BCUT2D eigenvalue weighted by atomic mass is 19.4. The number of aldehydes is 1. The van der Waals surface area contributed by atoms with Gasteiger partial charge in [-0.05, 0) is 42.2 Å². The van der Waals surface area contributed by atoms with Crippen LogP contribution in [0.4, 0.5) is 13.2 Å². The Hall–Kier alpha value is -5.56. The molecule has 0 spiro atoms. The summed E-state index contributed by atoms with van der Waals surface area (Å²) in [7, 11) is 0. The Bertz CT molecular complexity index is 1660. The van der Waals surface area contributed by atoms with Crippen molar-refractivity contribution in [3.8, 4) is 0 Å². The number of carbonyl (C=O) groups is 9. The SMILES string of the molecule is CCC[C@@H](NC(=O)[C@H](CC(=O)O)NC(=O)CCC(=O)O)C(=O)N[C@@H](Cc1ccccc1C)C(=O)N[C@H](C(=O)N[C@@H](CC(C)C)C(=O)NC(C=O)CC(F)(F)F)C(C)(C)C. The summed E-state index contributed by atoms with van der Waals surface area (Å²) < 4.78 is 39.0. The largest absolute Gasteiger partial charge is 0.481 e. The first-order valence-corrected chi connectivity index (χ1v) is 19.1. The zero-order valence-corrected chi connectivity index (χ0v) is 34.3. The first-order chi connectivity index (χ1) is 27.3. The van der Waals surface area contributed by atoms with Gasteiger partial charge in [0.2, 0.25) is 35.4 Å². The van der Waals surface area contributed by atoms with Gasteiger partial charge in [0.05, 0.1) is 25.3 Å². The summed E-state index contributed by atoms with van der Waals surface area (Å²) in [6.45, 7) is 11.6. The van der Waals surface area contributed by atoms with E-state index in [1.54, 1.807) is 72.7 Å². The van der Waals surface area contributed by atoms with Gasteiger partial charge >= 0.3 is 18.1 Å². The van der Waals surface area contributed by atoms with Crippen molar-refractivity contribution in [3.63, 3.8) is 0 Å². The van der Waals surface area contributed by atoms with Crippen molar-refractivity contribution < 1.29 is 66.5 Å². The molecular weight excluding hydrogens is 785 g/mol. The fourth-order valence-electron chi connectivity index (χ4n) is 5.78. The first kappa shape index (κ1) is 51.5. The van der Waals surface area contributed by atoms with Crippen LogP contribution in [0.5, 0.6) is 0 Å². The molecule has 20 heteroatoms. The summed E-state index contributed by atoms with van der Waals surface area (Å²) in [5.74, 6) is -8.71. The number of halogens is 3. The van der Waals surface area contributed by atoms with Crippen LogP contribution in [0.15, 0.2) is 24.3 Å². The van der Waals surface area contributed by atoms with E-state index >= 15 is 0 Å². The number of benzene rings is 1. The molecule has 59 heavy (non-hydrogen) atoms. The van der Waals surface area contributed by atoms with Crippen molar-refractivity contribution in [3.05, 3.63) is 35.4 Å². The van der Waals surface area contributed by atoms with Gasteiger partial charge in [-0.25, -0.2) is 0 Å². The third kappa shape index (κ3) is 19.6. The molecule has 0 aliphatic carbocycles. The second-order valence-corrected chi connectivity index (χ2v) is 15.7. The summed E-state index contributed by atoms with van der Waals surface area (Å²) in [4.78, 5) is 114. The first-order valence-electron chi connectivity index (χ1n) is 19.1. The third-order valence-corrected chi connectivity index (χ3v) is 8.82. The summed E-state index contributed by atoms with van der Waals surface area (Å²) in [6, 6.07) is -2.28. The minimum absolute atomic E-state index is 0.0106. The molecule has 0 fully saturated rings. The van der Waals surface area contributed by atoms with Crippen LogP contribution in [0.1, 0.15) is 97.6 Å². The fraction of sp³-hybridized carbons (Fsp3) is 0.615. The Labute approximate surface area is 340 Å². The highest BCUT2D eigenvalue weighted by Gasteiger charge is 2.39. The van der Waals surface area contributed by atoms with Gasteiger partial charge in [0, 0.05) is 12.8 Å². The van der Waals surface area contributed by atoms with Crippen molar-refractivity contribution in [2.75, 3.05) is 0 Å². The average Bonchev–Trinajstić information content (AvgIpc) is 3.10. The number of aryl methyl sites for hydroxylation is 1. The van der Waals surface area contributed by atoms with E-state index in [-0.39, 0.29) is 31.5 Å². The van der Waals surface area contributed by atoms with Crippen LogP contribution in [0, 0.1) is 18.3 Å². The molecule has 0 bridgehead atoms. The van der Waals surface area contributed by atoms with E-state index < -0.39 is 121 Å². The molecule has 0 heterocycles. The van der Waals surface area contributed by atoms with Crippen LogP contribution >= 0.6 is 0 Å². The van der Waals surface area contributed by atoms with E-state index in [0.717, 1.165) is 5.56 Å². The van der Waals surface area contributed by atoms with E-state index in [0.29, 0.717) is 12.0 Å². The maximum atomic E-state index is 14.2. The summed E-state index contributed by atoms with van der Waals surface area (Å²) in [5.41, 5.74) is 0.285. The molecule has 0 aliphatic heterocycles. The lowest BCUT2D eigenvalue weighted by molar-refractivity contribution is -0.147. The molecule has 0 aliphatic rings. The number of rotatable bonds is 24. The Balaban J connectivity index is 3.47. The van der Waals surface area contributed by atoms with Crippen LogP contribution in [0.2, 0.25) is 0 Å². The predicted octanol–water partition coefficient (Wildman–Crippen LogP) is 1.83. The average molecular weight is 843 g/mol. The minimum atomic E-state index is -4.77. The molecule has 1 aromatic carbocycles. The summed E-state index contributed by atoms with van der Waals surface area (Å²) in [5, 5.41) is 32.6. The zero-order chi connectivity index (χ0) is 45.2. The quantitative estimate of drug-likeness (QED) is 0.0696. The molecule has 6 amide bonds. The van der Waals surface area contributed by atoms with Crippen molar-refractivity contribution in [1.29, 1.82) is 0 Å². The summed E-state index contributed by atoms with van der Waals surface area (Å²) >= 11 is 0. The molecule has 0 aromatic heterocycles. The Morgan fingerprint density at radius 3 is 1.76 bits per heavy atom. The van der Waals surface area contributed by atoms with E-state index in [2.05, 4.69) is 26.6 Å². The minimum Gasteiger partial charge on any atom is -0.481 e. The Kier molecular flexibility index (Phi) is 20.7. The maximum Gasteiger partial charge on any atom is 0.391 e. The topological polar surface area (TPSA) is 266 Å². The normalized spacial score (nSPS) is 14.6. The lowest BCUT2D eigenvalue weighted by Gasteiger charge is -2.34. The number of carbonyl (C=O) groups excluding carboxylic acids is 7. The number of carboxylic acid groups (broad SMARTS) is 2. The monoisotopic (exact) mass is 842 g/mol. The number of hydrogen-bond donors (Lipinski definition) is 8. The van der Waals surface area contributed by atoms with Gasteiger partial charge in [0.1, 0.15) is 36.5 Å². The van der Waals surface area contributed by atoms with Gasteiger partial charge in [0.15, 0.2) is 0 Å². The van der Waals surface area contributed by atoms with E-state index in [9.17, 15) is 61.4 Å². The van der Waals surface area contributed by atoms with Gasteiger partial charge in [-0.2, -0.15) is 13.2 Å². The van der Waals surface area contributed by atoms with Crippen LogP contribution in [-0.4, -0.2) is 106 Å². The molecule has 0 radical (unpaired) electrons. The van der Waals surface area contributed by atoms with Gasteiger partial charge in [-0.3, -0.25) is 38.4 Å². The number of hydrogen-bond acceptors (Lipinski definition) is 9. The fourth-order valence-corrected chi connectivity index (χ4v) is 5.78. The molecule has 0 saturated carbocycles. The second-order valence-electron chi connectivity index (χ2n) is 15.7. The van der Waals surface area contributed by atoms with E-state index in [1.807, 2.05) is 5.32 Å². The molecule has 17 nitrogen and oxygen atoms in total. The van der Waals surface area contributed by atoms with Crippen molar-refractivity contribution >= 4 is 53.7 Å². The van der Waals surface area contributed by atoms with E-state index in [1.165, 1.54) is 0 Å². The van der Waals surface area contributed by atoms with Crippen LogP contribution in [0.25, 0.3) is 0 Å². The number of carboxylic acids is 2. The standard InChI is InChI=1S/C39H57F3N6O11/c1-8-11-25(45-35(57)28(18-31(53)54)44-29(50)14-15-30(51)52)33(55)46-27(17-23-13-10-9-12-22(23)4)36(58)48-32(38(5,6)7)37(59)47-26(16-21(2)3)34(56)43-24(20-49)19-39(40,41)42/h9-10,12-13,20-21,24-28,32H,8,11,14-19H2,1-7H3,(H,43,56)(H,44,50)(H,45,57)(H,46,55)(H,47,59)(H,48,58)(H,51,52)(H,53,54)/t24?,25-,26+,27+,28+,32-/m1/s1. The van der Waals surface area contributed by atoms with Crippen LogP contribution in [-0.2, 0) is 49.6 Å². The maximum absolute atomic E-state index is 14.2. The van der Waals surface area contributed by atoms with Gasteiger partial charge in [-0.15, -0.1) is 0 Å². The molecule has 1 unspecified atom stereocenters. The number of alkyl halides is 3. The van der Waals surface area contributed by atoms with Crippen molar-refractivity contribution in [1.82, 2.24) is 31.9 Å². The van der Waals surface area contributed by atoms with Crippen LogP contribution < -0.4 is 31.9 Å². The highest BCUT2D eigenvalue weighted by molar-refractivity contribution is 5.97. The number of nitrogens with one attached hydrogen (secondary N) is 6. The molecule has 6 atom stereocenters. The smallest absolute Gasteiger partial charge is 0.391 e. The number of aliphatic carboxylic acids is 2. The Morgan fingerprint density at radius 1 is 0.712 bits per heavy atom. The molecule has 1 aromatic rings. The highest BCUT2D eigenvalue weighted by Crippen LogP contribution is 2.23. The van der Waals surface area contributed by atoms with E-state index in [4.69, 9.17) is 5.11 Å². The van der Waals surface area contributed by atoms with Gasteiger partial charge in [-0.1, -0.05) is 72.2 Å². The molecule has 330 valence electrons. The molecular formula is C39H57F3N6O11. The lowest BCUT2D eigenvalue weighted by Crippen LogP contribution is -2.62. The van der Waals surface area contributed by atoms with Crippen molar-refractivity contribution in [2.24, 2.45) is 11.3 Å². The van der Waals surface area contributed by atoms with Crippen LogP contribution in [0.3, 0.4) is 0 Å². The van der Waals surface area contributed by atoms with Gasteiger partial charge in [0.25, 0.3) is 0 Å². The Morgan fingerprint density at radius 2 is 1.25 bits per heavy atom. The zero-order valence-electron chi connectivity index (χ0n) is 34.3. The third-order valence-electron chi connectivity index (χ3n) is 8.82. The van der Waals surface area contributed by atoms with Gasteiger partial charge < -0.3 is 46.9 Å². The second kappa shape index (κ2) is 23.7. The predicted molar refractivity (Wildman–Crippen MR) is 206 cm³/mol. The molecule has 8 N–H and O–H groups in total. The summed E-state index contributed by atoms with van der Waals surface area (Å²) in [6.07, 6.45) is -8.36. The van der Waals surface area contributed by atoms with Crippen molar-refractivity contribution in [2.45, 2.75) is 142 Å². The lowest BCUT2D eigenvalue weighted by atomic mass is 9.85.